The molecule has 1 unspecified atom stereocenters. The van der Waals surface area contributed by atoms with E-state index in [0.29, 0.717) is 36.5 Å². The number of benzene rings is 2. The van der Waals surface area contributed by atoms with Crippen molar-refractivity contribution < 1.29 is 23.5 Å². The maximum atomic E-state index is 12.9. The average Bonchev–Trinajstić information content (AvgIpc) is 2.72. The number of hydrogen-bond acceptors (Lipinski definition) is 4. The van der Waals surface area contributed by atoms with Gasteiger partial charge in [-0.05, 0) is 49.4 Å². The van der Waals surface area contributed by atoms with Crippen molar-refractivity contribution in [2.24, 2.45) is 0 Å². The maximum Gasteiger partial charge on any atom is 0.254 e. The molecule has 2 amide bonds. The Morgan fingerprint density at radius 1 is 1.10 bits per heavy atom. The van der Waals surface area contributed by atoms with Crippen LogP contribution in [0.25, 0.3) is 0 Å². The van der Waals surface area contributed by atoms with Crippen LogP contribution in [0.3, 0.4) is 0 Å². The quantitative estimate of drug-likeness (QED) is 0.758. The number of ether oxygens (including phenoxy) is 1. The van der Waals surface area contributed by atoms with Crippen LogP contribution in [0, 0.1) is 5.82 Å². The number of morpholine rings is 1. The zero-order valence-electron chi connectivity index (χ0n) is 16.2. The second-order valence-corrected chi connectivity index (χ2v) is 6.99. The lowest BCUT2D eigenvalue weighted by Gasteiger charge is -2.31. The van der Waals surface area contributed by atoms with E-state index >= 15 is 0 Å². The molecular weight excluding hydrogens is 375 g/mol. The number of ketones is 1. The second kappa shape index (κ2) is 9.43. The minimum atomic E-state index is -0.416. The van der Waals surface area contributed by atoms with E-state index in [4.69, 9.17) is 4.74 Å². The van der Waals surface area contributed by atoms with Crippen molar-refractivity contribution in [3.63, 3.8) is 0 Å². The van der Waals surface area contributed by atoms with Crippen molar-refractivity contribution in [1.29, 1.82) is 0 Å². The highest BCUT2D eigenvalue weighted by Crippen LogP contribution is 2.16. The summed E-state index contributed by atoms with van der Waals surface area (Å²) in [7, 11) is 0. The van der Waals surface area contributed by atoms with Gasteiger partial charge in [-0.25, -0.2) is 4.39 Å². The molecule has 1 aliphatic heterocycles. The largest absolute Gasteiger partial charge is 0.375 e. The molecule has 0 saturated carbocycles. The summed E-state index contributed by atoms with van der Waals surface area (Å²) in [5, 5.41) is 2.72. The molecule has 1 heterocycles. The SMILES string of the molecule is CC1CN(C(=O)c2cccc(NC(=O)CCC(=O)c3ccc(F)cc3)c2)CCO1. The van der Waals surface area contributed by atoms with Gasteiger partial charge >= 0.3 is 0 Å². The molecule has 7 heteroatoms. The summed E-state index contributed by atoms with van der Waals surface area (Å²) in [6, 6.07) is 12.0. The summed E-state index contributed by atoms with van der Waals surface area (Å²) >= 11 is 0. The summed E-state index contributed by atoms with van der Waals surface area (Å²) in [4.78, 5) is 38.7. The van der Waals surface area contributed by atoms with Crippen LogP contribution in [0.5, 0.6) is 0 Å². The molecule has 0 radical (unpaired) electrons. The molecule has 152 valence electrons. The smallest absolute Gasteiger partial charge is 0.254 e. The molecule has 29 heavy (non-hydrogen) atoms. The molecule has 2 aromatic rings. The molecule has 1 fully saturated rings. The van der Waals surface area contributed by atoms with Gasteiger partial charge < -0.3 is 15.0 Å². The van der Waals surface area contributed by atoms with E-state index in [0.717, 1.165) is 0 Å². The van der Waals surface area contributed by atoms with Crippen molar-refractivity contribution in [3.8, 4) is 0 Å². The first-order valence-corrected chi connectivity index (χ1v) is 9.52. The molecule has 1 atom stereocenters. The van der Waals surface area contributed by atoms with Crippen LogP contribution < -0.4 is 5.32 Å². The van der Waals surface area contributed by atoms with E-state index < -0.39 is 5.82 Å². The Hall–Kier alpha value is -3.06. The first-order chi connectivity index (χ1) is 13.9. The van der Waals surface area contributed by atoms with Gasteiger partial charge in [-0.2, -0.15) is 0 Å². The summed E-state index contributed by atoms with van der Waals surface area (Å²) < 4.78 is 18.4. The number of amides is 2. The molecule has 0 aliphatic carbocycles. The molecule has 3 rings (SSSR count). The van der Waals surface area contributed by atoms with Crippen LogP contribution in [0.1, 0.15) is 40.5 Å². The fraction of sp³-hybridized carbons (Fsp3) is 0.318. The number of halogens is 1. The van der Waals surface area contributed by atoms with E-state index in [-0.39, 0.29) is 36.5 Å². The molecule has 1 N–H and O–H groups in total. The minimum absolute atomic E-state index is 0.00460. The third kappa shape index (κ3) is 5.71. The number of nitrogens with one attached hydrogen (secondary N) is 1. The van der Waals surface area contributed by atoms with Gasteiger partial charge in [-0.1, -0.05) is 6.07 Å². The number of nitrogens with zero attached hydrogens (tertiary/aromatic N) is 1. The number of carbonyl (C=O) groups excluding carboxylic acids is 3. The topological polar surface area (TPSA) is 75.7 Å². The summed E-state index contributed by atoms with van der Waals surface area (Å²) in [5.41, 5.74) is 1.35. The molecule has 1 saturated heterocycles. The van der Waals surface area contributed by atoms with Crippen LogP contribution >= 0.6 is 0 Å². The first-order valence-electron chi connectivity index (χ1n) is 9.52. The van der Waals surface area contributed by atoms with Gasteiger partial charge in [0.05, 0.1) is 12.7 Å². The molecule has 0 bridgehead atoms. The second-order valence-electron chi connectivity index (χ2n) is 6.99. The summed E-state index contributed by atoms with van der Waals surface area (Å²) in [5.74, 6) is -1.08. The lowest BCUT2D eigenvalue weighted by atomic mass is 10.1. The third-order valence-electron chi connectivity index (χ3n) is 4.67. The standard InChI is InChI=1S/C22H23FN2O4/c1-15-14-25(11-12-29-15)22(28)17-3-2-4-19(13-17)24-21(27)10-9-20(26)16-5-7-18(23)8-6-16/h2-8,13,15H,9-12,14H2,1H3,(H,24,27). The zero-order valence-corrected chi connectivity index (χ0v) is 16.2. The van der Waals surface area contributed by atoms with E-state index in [2.05, 4.69) is 5.32 Å². The van der Waals surface area contributed by atoms with Gasteiger partial charge in [0, 0.05) is 42.7 Å². The summed E-state index contributed by atoms with van der Waals surface area (Å²) in [6.07, 6.45) is 0.00568. The molecule has 0 aromatic heterocycles. The fourth-order valence-electron chi connectivity index (χ4n) is 3.15. The molecule has 0 spiro atoms. The number of rotatable bonds is 6. The van der Waals surface area contributed by atoms with Crippen molar-refractivity contribution in [3.05, 3.63) is 65.5 Å². The van der Waals surface area contributed by atoms with Crippen LogP contribution in [-0.4, -0.2) is 48.3 Å². The van der Waals surface area contributed by atoms with E-state index in [1.165, 1.54) is 24.3 Å². The Bertz CT molecular complexity index is 898. The van der Waals surface area contributed by atoms with Gasteiger partial charge in [0.25, 0.3) is 5.91 Å². The van der Waals surface area contributed by atoms with Gasteiger partial charge in [0.2, 0.25) is 5.91 Å². The Morgan fingerprint density at radius 3 is 2.59 bits per heavy atom. The molecule has 1 aliphatic rings. The first kappa shape index (κ1) is 20.7. The van der Waals surface area contributed by atoms with Crippen LogP contribution in [0.4, 0.5) is 10.1 Å². The number of carbonyl (C=O) groups is 3. The van der Waals surface area contributed by atoms with Gasteiger partial charge in [-0.3, -0.25) is 14.4 Å². The third-order valence-corrected chi connectivity index (χ3v) is 4.67. The normalized spacial score (nSPS) is 16.3. The van der Waals surface area contributed by atoms with E-state index in [1.54, 1.807) is 29.2 Å². The Morgan fingerprint density at radius 2 is 1.86 bits per heavy atom. The van der Waals surface area contributed by atoms with Crippen LogP contribution in [0.15, 0.2) is 48.5 Å². The predicted molar refractivity (Wildman–Crippen MR) is 106 cm³/mol. The van der Waals surface area contributed by atoms with E-state index in [9.17, 15) is 18.8 Å². The Balaban J connectivity index is 1.55. The number of hydrogen-bond donors (Lipinski definition) is 1. The summed E-state index contributed by atoms with van der Waals surface area (Å²) in [6.45, 7) is 3.49. The van der Waals surface area contributed by atoms with Crippen molar-refractivity contribution in [1.82, 2.24) is 4.90 Å². The maximum absolute atomic E-state index is 12.9. The van der Waals surface area contributed by atoms with Crippen LogP contribution in [0.2, 0.25) is 0 Å². The highest BCUT2D eigenvalue weighted by molar-refractivity contribution is 6.00. The lowest BCUT2D eigenvalue weighted by molar-refractivity contribution is -0.116. The molecular formula is C22H23FN2O4. The Labute approximate surface area is 168 Å². The number of anilines is 1. The average molecular weight is 398 g/mol. The lowest BCUT2D eigenvalue weighted by Crippen LogP contribution is -2.44. The fourth-order valence-corrected chi connectivity index (χ4v) is 3.15. The monoisotopic (exact) mass is 398 g/mol. The van der Waals surface area contributed by atoms with Crippen molar-refractivity contribution >= 4 is 23.3 Å². The number of Topliss-reactive ketones (excluding diaryl/α,β-unsaturated/α-hetero) is 1. The van der Waals surface area contributed by atoms with Crippen molar-refractivity contribution in [2.45, 2.75) is 25.9 Å². The van der Waals surface area contributed by atoms with Crippen LogP contribution in [-0.2, 0) is 9.53 Å². The van der Waals surface area contributed by atoms with Crippen molar-refractivity contribution in [2.75, 3.05) is 25.0 Å². The molecule has 2 aromatic carbocycles. The Kier molecular flexibility index (Phi) is 6.72. The van der Waals surface area contributed by atoms with Gasteiger partial charge in [-0.15, -0.1) is 0 Å². The highest BCUT2D eigenvalue weighted by Gasteiger charge is 2.22. The molecule has 6 nitrogen and oxygen atoms in total. The van der Waals surface area contributed by atoms with Gasteiger partial charge in [0.15, 0.2) is 5.78 Å². The van der Waals surface area contributed by atoms with E-state index in [1.807, 2.05) is 6.92 Å². The predicted octanol–water partition coefficient (Wildman–Crippen LogP) is 3.29. The highest BCUT2D eigenvalue weighted by atomic mass is 19.1. The minimum Gasteiger partial charge on any atom is -0.375 e. The zero-order chi connectivity index (χ0) is 20.8. The van der Waals surface area contributed by atoms with Gasteiger partial charge in [0.1, 0.15) is 5.82 Å².